The Labute approximate surface area is 173 Å². The van der Waals surface area contributed by atoms with E-state index in [0.29, 0.717) is 17.1 Å². The largest absolute Gasteiger partial charge is 0.340 e. The van der Waals surface area contributed by atoms with Gasteiger partial charge in [0.25, 0.3) is 5.69 Å². The Hall–Kier alpha value is -3.13. The van der Waals surface area contributed by atoms with Gasteiger partial charge in [0, 0.05) is 17.0 Å². The summed E-state index contributed by atoms with van der Waals surface area (Å²) in [7, 11) is 0. The van der Waals surface area contributed by atoms with Gasteiger partial charge < -0.3 is 10.7 Å². The Morgan fingerprint density at radius 1 is 1.17 bits per heavy atom. The second kappa shape index (κ2) is 7.28. The van der Waals surface area contributed by atoms with Crippen LogP contribution >= 0.6 is 0 Å². The van der Waals surface area contributed by atoms with Gasteiger partial charge in [-0.05, 0) is 49.1 Å². The van der Waals surface area contributed by atoms with Crippen molar-refractivity contribution in [3.8, 4) is 22.6 Å². The number of H-pyrrole nitrogens is 1. The summed E-state index contributed by atoms with van der Waals surface area (Å²) in [6.07, 6.45) is 1.90. The molecule has 0 amide bonds. The van der Waals surface area contributed by atoms with Gasteiger partial charge in [0.2, 0.25) is 0 Å². The number of rotatable bonds is 5. The van der Waals surface area contributed by atoms with Gasteiger partial charge in [0.05, 0.1) is 28.0 Å². The average molecular weight is 409 g/mol. The molecule has 0 bridgehead atoms. The first kappa shape index (κ1) is 20.2. The summed E-state index contributed by atoms with van der Waals surface area (Å²) in [5.41, 5.74) is 8.74. The van der Waals surface area contributed by atoms with E-state index in [9.17, 15) is 14.5 Å². The van der Waals surface area contributed by atoms with Crippen LogP contribution in [-0.2, 0) is 5.41 Å². The Bertz CT molecular complexity index is 1100. The minimum atomic E-state index is -0.482. The maximum Gasteiger partial charge on any atom is 0.292 e. The van der Waals surface area contributed by atoms with Crippen LogP contribution in [0.15, 0.2) is 36.4 Å². The van der Waals surface area contributed by atoms with Crippen molar-refractivity contribution in [3.63, 3.8) is 0 Å². The molecule has 0 radical (unpaired) electrons. The fourth-order valence-corrected chi connectivity index (χ4v) is 3.42. The molecular formula is C22H24FN5O2. The second-order valence-electron chi connectivity index (χ2n) is 8.79. The molecule has 2 aromatic heterocycles. The molecule has 0 aliphatic heterocycles. The van der Waals surface area contributed by atoms with Crippen molar-refractivity contribution in [2.45, 2.75) is 45.1 Å². The van der Waals surface area contributed by atoms with Crippen LogP contribution in [0.1, 0.15) is 51.2 Å². The van der Waals surface area contributed by atoms with Crippen molar-refractivity contribution in [1.82, 2.24) is 15.0 Å². The van der Waals surface area contributed by atoms with E-state index < -0.39 is 11.0 Å². The van der Waals surface area contributed by atoms with Crippen molar-refractivity contribution in [2.75, 3.05) is 0 Å². The van der Waals surface area contributed by atoms with Gasteiger partial charge in [-0.15, -0.1) is 0 Å². The number of aromatic nitrogens is 3. The standard InChI is InChI=1S/C22H24FN5O2/c1-22(2,3)21-26-18(13-6-8-14(23)9-7-13)19(27-21)15-10-11-16(28(29)30)20(25-15)17(24)12-4-5-12/h6-12,17H,4-5,24H2,1-3H3,(H,26,27). The van der Waals surface area contributed by atoms with Crippen LogP contribution in [0, 0.1) is 21.8 Å². The Morgan fingerprint density at radius 2 is 1.83 bits per heavy atom. The second-order valence-corrected chi connectivity index (χ2v) is 8.79. The van der Waals surface area contributed by atoms with Crippen LogP contribution in [0.2, 0.25) is 0 Å². The highest BCUT2D eigenvalue weighted by Crippen LogP contribution is 2.42. The zero-order valence-electron chi connectivity index (χ0n) is 17.1. The maximum absolute atomic E-state index is 13.4. The van der Waals surface area contributed by atoms with Crippen LogP contribution < -0.4 is 5.73 Å². The van der Waals surface area contributed by atoms with Crippen LogP contribution in [0.3, 0.4) is 0 Å². The molecule has 1 aliphatic rings. The third-order valence-electron chi connectivity index (χ3n) is 5.33. The predicted octanol–water partition coefficient (Wildman–Crippen LogP) is 4.89. The van der Waals surface area contributed by atoms with Crippen molar-refractivity contribution in [1.29, 1.82) is 0 Å². The zero-order valence-corrected chi connectivity index (χ0v) is 17.1. The molecule has 1 aromatic carbocycles. The summed E-state index contributed by atoms with van der Waals surface area (Å²) in [4.78, 5) is 23.8. The fourth-order valence-electron chi connectivity index (χ4n) is 3.42. The lowest BCUT2D eigenvalue weighted by molar-refractivity contribution is -0.386. The zero-order chi connectivity index (χ0) is 21.6. The molecule has 1 atom stereocenters. The number of halogens is 1. The monoisotopic (exact) mass is 409 g/mol. The number of aromatic amines is 1. The molecule has 8 heteroatoms. The van der Waals surface area contributed by atoms with Gasteiger partial charge in [-0.25, -0.2) is 14.4 Å². The van der Waals surface area contributed by atoms with Crippen molar-refractivity contribution < 1.29 is 9.31 Å². The summed E-state index contributed by atoms with van der Waals surface area (Å²) in [5.74, 6) is 0.623. The van der Waals surface area contributed by atoms with E-state index in [1.54, 1.807) is 18.2 Å². The summed E-state index contributed by atoms with van der Waals surface area (Å²) >= 11 is 0. The molecule has 1 aliphatic carbocycles. The van der Waals surface area contributed by atoms with Gasteiger partial charge >= 0.3 is 0 Å². The number of hydrogen-bond donors (Lipinski definition) is 2. The SMILES string of the molecule is CC(C)(C)c1nc(-c2ccc(F)cc2)c(-c2ccc([N+](=O)[O-])c(C(N)C3CC3)n2)[nH]1. The molecule has 2 heterocycles. The summed E-state index contributed by atoms with van der Waals surface area (Å²) in [6.45, 7) is 6.09. The molecular weight excluding hydrogens is 385 g/mol. The van der Waals surface area contributed by atoms with E-state index in [4.69, 9.17) is 10.7 Å². The first-order chi connectivity index (χ1) is 14.1. The Morgan fingerprint density at radius 3 is 2.40 bits per heavy atom. The topological polar surface area (TPSA) is 111 Å². The first-order valence-corrected chi connectivity index (χ1v) is 9.93. The van der Waals surface area contributed by atoms with Crippen LogP contribution in [0.4, 0.5) is 10.1 Å². The molecule has 0 saturated heterocycles. The van der Waals surface area contributed by atoms with Crippen LogP contribution in [0.5, 0.6) is 0 Å². The van der Waals surface area contributed by atoms with Gasteiger partial charge in [-0.1, -0.05) is 20.8 Å². The third kappa shape index (κ3) is 3.82. The van der Waals surface area contributed by atoms with E-state index in [0.717, 1.165) is 24.2 Å². The van der Waals surface area contributed by atoms with Crippen LogP contribution in [0.25, 0.3) is 22.6 Å². The smallest absolute Gasteiger partial charge is 0.292 e. The van der Waals surface area contributed by atoms with Crippen molar-refractivity contribution >= 4 is 5.69 Å². The highest BCUT2D eigenvalue weighted by atomic mass is 19.1. The molecule has 1 saturated carbocycles. The third-order valence-corrected chi connectivity index (χ3v) is 5.33. The lowest BCUT2D eigenvalue weighted by Gasteiger charge is -2.14. The normalized spacial score (nSPS) is 15.2. The maximum atomic E-state index is 13.4. The Kier molecular flexibility index (Phi) is 4.89. The Balaban J connectivity index is 1.88. The molecule has 4 rings (SSSR count). The number of imidazole rings is 1. The minimum absolute atomic E-state index is 0.0722. The van der Waals surface area contributed by atoms with Crippen molar-refractivity contribution in [2.24, 2.45) is 11.7 Å². The molecule has 7 nitrogen and oxygen atoms in total. The number of benzene rings is 1. The van der Waals surface area contributed by atoms with Gasteiger partial charge in [0.15, 0.2) is 0 Å². The van der Waals surface area contributed by atoms with E-state index in [1.807, 2.05) is 20.8 Å². The van der Waals surface area contributed by atoms with Gasteiger partial charge in [-0.2, -0.15) is 0 Å². The van der Waals surface area contributed by atoms with E-state index >= 15 is 0 Å². The molecule has 1 unspecified atom stereocenters. The van der Waals surface area contributed by atoms with Crippen molar-refractivity contribution in [3.05, 3.63) is 63.8 Å². The highest BCUT2D eigenvalue weighted by Gasteiger charge is 2.35. The van der Waals surface area contributed by atoms with Gasteiger partial charge in [0.1, 0.15) is 17.3 Å². The van der Waals surface area contributed by atoms with E-state index in [1.165, 1.54) is 18.2 Å². The van der Waals surface area contributed by atoms with E-state index in [2.05, 4.69) is 9.97 Å². The molecule has 0 spiro atoms. The molecule has 30 heavy (non-hydrogen) atoms. The number of pyridine rings is 1. The molecule has 1 fully saturated rings. The highest BCUT2D eigenvalue weighted by molar-refractivity contribution is 5.77. The van der Waals surface area contributed by atoms with E-state index in [-0.39, 0.29) is 28.5 Å². The number of nitro groups is 1. The average Bonchev–Trinajstić information content (AvgIpc) is 3.44. The minimum Gasteiger partial charge on any atom is -0.340 e. The van der Waals surface area contributed by atoms with Gasteiger partial charge in [-0.3, -0.25) is 10.1 Å². The molecule has 156 valence electrons. The lowest BCUT2D eigenvalue weighted by Crippen LogP contribution is -2.16. The first-order valence-electron chi connectivity index (χ1n) is 9.93. The predicted molar refractivity (Wildman–Crippen MR) is 112 cm³/mol. The lowest BCUT2D eigenvalue weighted by atomic mass is 9.96. The summed E-state index contributed by atoms with van der Waals surface area (Å²) in [6, 6.07) is 8.64. The number of nitrogens with two attached hydrogens (primary N) is 1. The fraction of sp³-hybridized carbons (Fsp3) is 0.364. The quantitative estimate of drug-likeness (QED) is 0.460. The molecule has 3 aromatic rings. The number of nitrogens with one attached hydrogen (secondary N) is 1. The summed E-state index contributed by atoms with van der Waals surface area (Å²) < 4.78 is 13.4. The number of nitrogens with zero attached hydrogens (tertiary/aromatic N) is 3. The number of hydrogen-bond acceptors (Lipinski definition) is 5. The summed E-state index contributed by atoms with van der Waals surface area (Å²) in [5, 5.41) is 11.5. The van der Waals surface area contributed by atoms with Crippen LogP contribution in [-0.4, -0.2) is 19.9 Å². The molecule has 3 N–H and O–H groups in total.